The number of carbonyl (C=O) groups is 2. The highest BCUT2D eigenvalue weighted by Crippen LogP contribution is 2.43. The first-order valence-corrected chi connectivity index (χ1v) is 13.3. The first-order valence-electron chi connectivity index (χ1n) is 12.5. The number of anilines is 1. The Morgan fingerprint density at radius 3 is 2.72 bits per heavy atom. The van der Waals surface area contributed by atoms with E-state index in [9.17, 15) is 14.9 Å². The summed E-state index contributed by atoms with van der Waals surface area (Å²) in [5.74, 6) is -0.187. The van der Waals surface area contributed by atoms with Gasteiger partial charge in [0.25, 0.3) is 0 Å². The highest BCUT2D eigenvalue weighted by atomic mass is 32.1. The third-order valence-electron chi connectivity index (χ3n) is 7.58. The van der Waals surface area contributed by atoms with Gasteiger partial charge in [0.15, 0.2) is 0 Å². The van der Waals surface area contributed by atoms with Crippen LogP contribution in [-0.2, 0) is 24.2 Å². The average Bonchev–Trinajstić information content (AvgIpc) is 3.15. The second kappa shape index (κ2) is 11.0. The summed E-state index contributed by atoms with van der Waals surface area (Å²) >= 11 is 1.52. The summed E-state index contributed by atoms with van der Waals surface area (Å²) in [6.07, 6.45) is 2.30. The number of likely N-dealkylation sites (N-methyl/N-ethyl adjacent to an activating group) is 2. The lowest BCUT2D eigenvalue weighted by molar-refractivity contribution is -0.136. The molecule has 1 fully saturated rings. The van der Waals surface area contributed by atoms with Crippen LogP contribution in [-0.4, -0.2) is 73.5 Å². The molecule has 1 saturated heterocycles. The van der Waals surface area contributed by atoms with Gasteiger partial charge in [0.05, 0.1) is 18.0 Å². The van der Waals surface area contributed by atoms with Gasteiger partial charge < -0.3 is 20.9 Å². The lowest BCUT2D eigenvalue weighted by Gasteiger charge is -2.45. The van der Waals surface area contributed by atoms with Gasteiger partial charge in [-0.15, -0.1) is 11.3 Å². The highest BCUT2D eigenvalue weighted by molar-refractivity contribution is 7.16. The van der Waals surface area contributed by atoms with Crippen molar-refractivity contribution in [3.63, 3.8) is 0 Å². The normalized spacial score (nSPS) is 21.4. The molecule has 3 atom stereocenters. The number of fused-ring (bicyclic) bond motifs is 2. The van der Waals surface area contributed by atoms with E-state index >= 15 is 0 Å². The highest BCUT2D eigenvalue weighted by Gasteiger charge is 2.43. The van der Waals surface area contributed by atoms with Gasteiger partial charge in [-0.25, -0.2) is 4.79 Å². The van der Waals surface area contributed by atoms with E-state index in [0.29, 0.717) is 42.7 Å². The maximum atomic E-state index is 13.9. The summed E-state index contributed by atoms with van der Waals surface area (Å²) in [4.78, 5) is 34.0. The summed E-state index contributed by atoms with van der Waals surface area (Å²) in [5.41, 5.74) is 9.80. The molecule has 4 rings (SSSR count). The van der Waals surface area contributed by atoms with Crippen LogP contribution in [0.25, 0.3) is 0 Å². The van der Waals surface area contributed by atoms with Crippen LogP contribution in [0.15, 0.2) is 24.3 Å². The maximum Gasteiger partial charge on any atom is 0.324 e. The summed E-state index contributed by atoms with van der Waals surface area (Å²) in [7, 11) is 5.96. The zero-order chi connectivity index (χ0) is 26.0. The molecule has 36 heavy (non-hydrogen) atoms. The number of nitrogens with one attached hydrogen (secondary N) is 1. The van der Waals surface area contributed by atoms with Gasteiger partial charge in [-0.05, 0) is 69.9 Å². The third-order valence-corrected chi connectivity index (χ3v) is 8.67. The van der Waals surface area contributed by atoms with Gasteiger partial charge in [0.2, 0.25) is 5.91 Å². The van der Waals surface area contributed by atoms with Crippen LogP contribution in [0.1, 0.15) is 33.6 Å². The minimum Gasteiger partial charge on any atom is -0.389 e. The van der Waals surface area contributed by atoms with E-state index < -0.39 is 0 Å². The fourth-order valence-electron chi connectivity index (χ4n) is 5.56. The van der Waals surface area contributed by atoms with Crippen molar-refractivity contribution in [1.82, 2.24) is 20.0 Å². The van der Waals surface area contributed by atoms with Crippen molar-refractivity contribution in [3.05, 3.63) is 51.4 Å². The molecule has 0 bridgehead atoms. The Hall–Kier alpha value is -2.93. The number of nitrogens with zero attached hydrogens (tertiary/aromatic N) is 4. The van der Waals surface area contributed by atoms with Crippen LogP contribution in [0.5, 0.6) is 0 Å². The molecule has 0 unspecified atom stereocenters. The van der Waals surface area contributed by atoms with E-state index in [4.69, 9.17) is 5.73 Å². The molecule has 1 aromatic heterocycles. The molecule has 9 heteroatoms. The number of imide groups is 1. The molecular weight excluding hydrogens is 472 g/mol. The topological polar surface area (TPSA) is 106 Å². The lowest BCUT2D eigenvalue weighted by Crippen LogP contribution is -2.55. The Morgan fingerprint density at radius 1 is 1.28 bits per heavy atom. The Labute approximate surface area is 217 Å². The monoisotopic (exact) mass is 508 g/mol. The number of aryl methyl sites for hydroxylation is 1. The summed E-state index contributed by atoms with van der Waals surface area (Å²) < 4.78 is 0. The Balaban J connectivity index is 1.55. The van der Waals surface area contributed by atoms with Gasteiger partial charge in [-0.1, -0.05) is 24.3 Å². The zero-order valence-corrected chi connectivity index (χ0v) is 22.4. The Kier molecular flexibility index (Phi) is 7.98. The third kappa shape index (κ3) is 5.41. The molecular formula is C27H36N6O2S. The zero-order valence-electron chi connectivity index (χ0n) is 21.6. The van der Waals surface area contributed by atoms with Crippen LogP contribution < -0.4 is 11.1 Å². The average molecular weight is 509 g/mol. The van der Waals surface area contributed by atoms with E-state index in [1.54, 1.807) is 0 Å². The molecule has 2 heterocycles. The number of rotatable bonds is 6. The van der Waals surface area contributed by atoms with Crippen molar-refractivity contribution in [2.24, 2.45) is 11.8 Å². The first-order chi connectivity index (χ1) is 17.2. The number of thiophene rings is 1. The van der Waals surface area contributed by atoms with E-state index in [1.165, 1.54) is 21.1 Å². The standard InChI is InChI=1S/C27H36N6O2S/c1-17-7-5-6-8-18(17)16-33(27(35)30-9-10-31(2)3)26(34)20-11-19-12-21-22(14-28)25(29)36-24(21)13-23(19)32(4)15-20/h5-8,19-20,23H,9-13,15-16,29H2,1-4H3,(H,30,35)/t19-,20-,23-/m1/s1. The van der Waals surface area contributed by atoms with Crippen molar-refractivity contribution >= 4 is 28.3 Å². The summed E-state index contributed by atoms with van der Waals surface area (Å²) in [5, 5.41) is 13.1. The van der Waals surface area contributed by atoms with Crippen LogP contribution in [0.4, 0.5) is 9.80 Å². The first kappa shape index (κ1) is 26.1. The number of likely N-dealkylation sites (tertiary alicyclic amines) is 1. The molecule has 8 nitrogen and oxygen atoms in total. The Bertz CT molecular complexity index is 1170. The predicted octanol–water partition coefficient (Wildman–Crippen LogP) is 2.85. The smallest absolute Gasteiger partial charge is 0.324 e. The van der Waals surface area contributed by atoms with Crippen molar-refractivity contribution in [3.8, 4) is 6.07 Å². The number of nitrogen functional groups attached to an aromatic ring is 1. The van der Waals surface area contributed by atoms with E-state index in [0.717, 1.165) is 29.5 Å². The van der Waals surface area contributed by atoms with Crippen LogP contribution in [0, 0.1) is 30.1 Å². The molecule has 192 valence electrons. The molecule has 2 aromatic rings. The van der Waals surface area contributed by atoms with Gasteiger partial charge in [0.1, 0.15) is 11.1 Å². The maximum absolute atomic E-state index is 13.9. The number of piperidine rings is 1. The number of urea groups is 1. The van der Waals surface area contributed by atoms with Gasteiger partial charge in [-0.2, -0.15) is 5.26 Å². The largest absolute Gasteiger partial charge is 0.389 e. The van der Waals surface area contributed by atoms with Crippen LogP contribution >= 0.6 is 11.3 Å². The number of nitriles is 1. The SMILES string of the molecule is Cc1ccccc1CN(C(=O)NCCN(C)C)C(=O)[C@@H]1C[C@@H]2Cc3c(sc(N)c3C#N)C[C@H]2N(C)C1. The molecule has 0 radical (unpaired) electrons. The number of nitrogens with two attached hydrogens (primary N) is 1. The minimum absolute atomic E-state index is 0.137. The van der Waals surface area contributed by atoms with Crippen LogP contribution in [0.3, 0.4) is 0 Å². The van der Waals surface area contributed by atoms with Crippen LogP contribution in [0.2, 0.25) is 0 Å². The molecule has 1 aliphatic carbocycles. The molecule has 3 N–H and O–H groups in total. The van der Waals surface area contributed by atoms with E-state index in [-0.39, 0.29) is 30.3 Å². The Morgan fingerprint density at radius 2 is 2.03 bits per heavy atom. The molecule has 0 spiro atoms. The molecule has 2 aliphatic rings. The van der Waals surface area contributed by atoms with Crippen molar-refractivity contribution in [2.45, 2.75) is 38.8 Å². The van der Waals surface area contributed by atoms with E-state index in [1.807, 2.05) is 50.2 Å². The molecule has 1 aliphatic heterocycles. The molecule has 3 amide bonds. The van der Waals surface area contributed by atoms with Gasteiger partial charge >= 0.3 is 6.03 Å². The number of hydrogen-bond acceptors (Lipinski definition) is 7. The molecule has 0 saturated carbocycles. The van der Waals surface area contributed by atoms with Crippen molar-refractivity contribution in [1.29, 1.82) is 5.26 Å². The summed E-state index contributed by atoms with van der Waals surface area (Å²) in [6.45, 7) is 4.02. The minimum atomic E-state index is -0.349. The summed E-state index contributed by atoms with van der Waals surface area (Å²) in [6, 6.07) is 10.1. The predicted molar refractivity (Wildman–Crippen MR) is 143 cm³/mol. The lowest BCUT2D eigenvalue weighted by atomic mass is 9.74. The number of carbonyl (C=O) groups excluding carboxylic acids is 2. The fraction of sp³-hybridized carbons (Fsp3) is 0.519. The van der Waals surface area contributed by atoms with E-state index in [2.05, 4.69) is 23.3 Å². The second-order valence-electron chi connectivity index (χ2n) is 10.3. The second-order valence-corrected chi connectivity index (χ2v) is 11.5. The van der Waals surface area contributed by atoms with Crippen molar-refractivity contribution < 1.29 is 9.59 Å². The molecule has 1 aromatic carbocycles. The quantitative estimate of drug-likeness (QED) is 0.622. The number of hydrogen-bond donors (Lipinski definition) is 2. The van der Waals surface area contributed by atoms with Gasteiger partial charge in [-0.3, -0.25) is 9.69 Å². The number of benzene rings is 1. The van der Waals surface area contributed by atoms with Gasteiger partial charge in [0, 0.05) is 30.6 Å². The number of amides is 3. The fourth-order valence-corrected chi connectivity index (χ4v) is 6.66. The van der Waals surface area contributed by atoms with Crippen molar-refractivity contribution in [2.75, 3.05) is 46.5 Å².